The van der Waals surface area contributed by atoms with E-state index in [2.05, 4.69) is 35.3 Å². The standard InChI is InChI=1S/C16H17N3O/c17-15(10-20)16-8-18-11-19(16)9-13-6-3-5-12-4-1-2-7-14(12)13/h1-8,11,15,20H,9-10,17H2. The number of aliphatic hydroxyl groups excluding tert-OH is 1. The van der Waals surface area contributed by atoms with Crippen molar-refractivity contribution >= 4 is 10.8 Å². The summed E-state index contributed by atoms with van der Waals surface area (Å²) in [6.07, 6.45) is 3.47. The fourth-order valence-corrected chi connectivity index (χ4v) is 2.48. The first-order chi connectivity index (χ1) is 9.79. The van der Waals surface area contributed by atoms with E-state index in [0.29, 0.717) is 6.54 Å². The molecule has 3 aromatic rings. The van der Waals surface area contributed by atoms with Gasteiger partial charge in [-0.15, -0.1) is 0 Å². The summed E-state index contributed by atoms with van der Waals surface area (Å²) in [5, 5.41) is 11.7. The van der Waals surface area contributed by atoms with Crippen LogP contribution in [0.1, 0.15) is 17.3 Å². The molecule has 1 aromatic heterocycles. The van der Waals surface area contributed by atoms with Crippen LogP contribution >= 0.6 is 0 Å². The zero-order valence-electron chi connectivity index (χ0n) is 11.1. The second-order valence-corrected chi connectivity index (χ2v) is 4.87. The van der Waals surface area contributed by atoms with Gasteiger partial charge in [0.15, 0.2) is 0 Å². The SMILES string of the molecule is NC(CO)c1cncn1Cc1cccc2ccccc12. The van der Waals surface area contributed by atoms with Crippen LogP contribution in [-0.2, 0) is 6.54 Å². The van der Waals surface area contributed by atoms with Crippen LogP contribution < -0.4 is 5.73 Å². The van der Waals surface area contributed by atoms with E-state index in [0.717, 1.165) is 5.69 Å². The van der Waals surface area contributed by atoms with Gasteiger partial charge < -0.3 is 15.4 Å². The number of imidazole rings is 1. The number of hydrogen-bond donors (Lipinski definition) is 2. The highest BCUT2D eigenvalue weighted by atomic mass is 16.3. The summed E-state index contributed by atoms with van der Waals surface area (Å²) in [4.78, 5) is 4.14. The second kappa shape index (κ2) is 5.45. The average molecular weight is 267 g/mol. The zero-order valence-corrected chi connectivity index (χ0v) is 11.1. The van der Waals surface area contributed by atoms with Crippen molar-refractivity contribution in [3.05, 3.63) is 66.2 Å². The molecule has 4 nitrogen and oxygen atoms in total. The van der Waals surface area contributed by atoms with E-state index in [-0.39, 0.29) is 6.61 Å². The fourth-order valence-electron chi connectivity index (χ4n) is 2.48. The Morgan fingerprint density at radius 2 is 1.95 bits per heavy atom. The molecule has 0 aliphatic heterocycles. The molecular formula is C16H17N3O. The topological polar surface area (TPSA) is 64.1 Å². The molecule has 3 N–H and O–H groups in total. The summed E-state index contributed by atoms with van der Waals surface area (Å²) in [6.45, 7) is 0.617. The predicted molar refractivity (Wildman–Crippen MR) is 79.3 cm³/mol. The van der Waals surface area contributed by atoms with Gasteiger partial charge in [-0.25, -0.2) is 4.98 Å². The van der Waals surface area contributed by atoms with Gasteiger partial charge in [0.2, 0.25) is 0 Å². The van der Waals surface area contributed by atoms with Crippen molar-refractivity contribution in [2.24, 2.45) is 5.73 Å². The first-order valence-corrected chi connectivity index (χ1v) is 6.62. The van der Waals surface area contributed by atoms with Gasteiger partial charge in [0.1, 0.15) is 0 Å². The van der Waals surface area contributed by atoms with Gasteiger partial charge in [-0.2, -0.15) is 0 Å². The third-order valence-electron chi connectivity index (χ3n) is 3.54. The van der Waals surface area contributed by atoms with Gasteiger partial charge >= 0.3 is 0 Å². The molecular weight excluding hydrogens is 250 g/mol. The van der Waals surface area contributed by atoms with Gasteiger partial charge in [0.05, 0.1) is 24.7 Å². The summed E-state index contributed by atoms with van der Waals surface area (Å²) in [7, 11) is 0. The van der Waals surface area contributed by atoms with E-state index in [9.17, 15) is 5.11 Å². The minimum Gasteiger partial charge on any atom is -0.394 e. The molecule has 2 aromatic carbocycles. The lowest BCUT2D eigenvalue weighted by atomic mass is 10.0. The van der Waals surface area contributed by atoms with Crippen molar-refractivity contribution in [3.63, 3.8) is 0 Å². The third kappa shape index (κ3) is 2.31. The second-order valence-electron chi connectivity index (χ2n) is 4.87. The molecule has 1 atom stereocenters. The Kier molecular flexibility index (Phi) is 3.50. The number of nitrogens with two attached hydrogens (primary N) is 1. The molecule has 0 bridgehead atoms. The maximum atomic E-state index is 9.20. The molecule has 1 heterocycles. The Balaban J connectivity index is 2.00. The van der Waals surface area contributed by atoms with Crippen molar-refractivity contribution < 1.29 is 5.11 Å². The van der Waals surface area contributed by atoms with Crippen LogP contribution in [0, 0.1) is 0 Å². The summed E-state index contributed by atoms with van der Waals surface area (Å²) in [5.41, 5.74) is 7.96. The molecule has 3 rings (SSSR count). The van der Waals surface area contributed by atoms with E-state index >= 15 is 0 Å². The number of fused-ring (bicyclic) bond motifs is 1. The third-order valence-corrected chi connectivity index (χ3v) is 3.54. The maximum absolute atomic E-state index is 9.20. The van der Waals surface area contributed by atoms with Gasteiger partial charge in [-0.3, -0.25) is 0 Å². The predicted octanol–water partition coefficient (Wildman–Crippen LogP) is 2.08. The normalized spacial score (nSPS) is 12.7. The fraction of sp³-hybridized carbons (Fsp3) is 0.188. The molecule has 0 aliphatic carbocycles. The largest absolute Gasteiger partial charge is 0.394 e. The lowest BCUT2D eigenvalue weighted by Crippen LogP contribution is -2.19. The van der Waals surface area contributed by atoms with Gasteiger partial charge in [0, 0.05) is 12.7 Å². The van der Waals surface area contributed by atoms with Crippen LogP contribution in [0.25, 0.3) is 10.8 Å². The number of aromatic nitrogens is 2. The first kappa shape index (κ1) is 12.8. The smallest absolute Gasteiger partial charge is 0.0951 e. The lowest BCUT2D eigenvalue weighted by molar-refractivity contribution is 0.263. The van der Waals surface area contributed by atoms with Crippen LogP contribution in [0.5, 0.6) is 0 Å². The van der Waals surface area contributed by atoms with Crippen molar-refractivity contribution in [1.82, 2.24) is 9.55 Å². The van der Waals surface area contributed by atoms with Crippen molar-refractivity contribution in [1.29, 1.82) is 0 Å². The Bertz CT molecular complexity index is 715. The van der Waals surface area contributed by atoms with E-state index < -0.39 is 6.04 Å². The number of hydrogen-bond acceptors (Lipinski definition) is 3. The molecule has 1 unspecified atom stereocenters. The summed E-state index contributed by atoms with van der Waals surface area (Å²) >= 11 is 0. The highest BCUT2D eigenvalue weighted by Gasteiger charge is 2.11. The van der Waals surface area contributed by atoms with Crippen molar-refractivity contribution in [3.8, 4) is 0 Å². The Hall–Kier alpha value is -2.17. The highest BCUT2D eigenvalue weighted by molar-refractivity contribution is 5.85. The summed E-state index contributed by atoms with van der Waals surface area (Å²) in [6, 6.07) is 14.2. The molecule has 4 heteroatoms. The molecule has 0 saturated carbocycles. The summed E-state index contributed by atoms with van der Waals surface area (Å²) < 4.78 is 1.99. The Morgan fingerprint density at radius 3 is 2.80 bits per heavy atom. The van der Waals surface area contributed by atoms with Gasteiger partial charge in [-0.1, -0.05) is 42.5 Å². The van der Waals surface area contributed by atoms with Crippen LogP contribution in [0.4, 0.5) is 0 Å². The maximum Gasteiger partial charge on any atom is 0.0951 e. The average Bonchev–Trinajstić information content (AvgIpc) is 2.95. The molecule has 0 radical (unpaired) electrons. The molecule has 0 aliphatic rings. The zero-order chi connectivity index (χ0) is 13.9. The monoisotopic (exact) mass is 267 g/mol. The van der Waals surface area contributed by atoms with Crippen molar-refractivity contribution in [2.75, 3.05) is 6.61 Å². The number of benzene rings is 2. The molecule has 0 saturated heterocycles. The number of rotatable bonds is 4. The van der Waals surface area contributed by atoms with E-state index in [1.165, 1.54) is 16.3 Å². The van der Waals surface area contributed by atoms with Crippen LogP contribution in [0.3, 0.4) is 0 Å². The highest BCUT2D eigenvalue weighted by Crippen LogP contribution is 2.20. The van der Waals surface area contributed by atoms with E-state index in [1.807, 2.05) is 16.7 Å². The Labute approximate surface area is 117 Å². The molecule has 20 heavy (non-hydrogen) atoms. The van der Waals surface area contributed by atoms with Gasteiger partial charge in [-0.05, 0) is 16.3 Å². The van der Waals surface area contributed by atoms with Crippen LogP contribution in [-0.4, -0.2) is 21.3 Å². The Morgan fingerprint density at radius 1 is 1.15 bits per heavy atom. The van der Waals surface area contributed by atoms with Crippen molar-refractivity contribution in [2.45, 2.75) is 12.6 Å². The minimum atomic E-state index is -0.396. The minimum absolute atomic E-state index is 0.0821. The van der Waals surface area contributed by atoms with E-state index in [1.54, 1.807) is 12.5 Å². The number of nitrogens with zero attached hydrogens (tertiary/aromatic N) is 2. The van der Waals surface area contributed by atoms with Crippen LogP contribution in [0.2, 0.25) is 0 Å². The number of aliphatic hydroxyl groups is 1. The molecule has 0 spiro atoms. The quantitative estimate of drug-likeness (QED) is 0.760. The van der Waals surface area contributed by atoms with Gasteiger partial charge in [0.25, 0.3) is 0 Å². The molecule has 102 valence electrons. The molecule has 0 fully saturated rings. The first-order valence-electron chi connectivity index (χ1n) is 6.62. The van der Waals surface area contributed by atoms with Crippen LogP contribution in [0.15, 0.2) is 55.0 Å². The van der Waals surface area contributed by atoms with E-state index in [4.69, 9.17) is 5.73 Å². The molecule has 0 amide bonds. The lowest BCUT2D eigenvalue weighted by Gasteiger charge is -2.13. The summed E-state index contributed by atoms with van der Waals surface area (Å²) in [5.74, 6) is 0.